The maximum Gasteiger partial charge on any atom is 0.307 e. The number of rotatable bonds is 11. The second-order valence-corrected chi connectivity index (χ2v) is 6.33. The van der Waals surface area contributed by atoms with Crippen LogP contribution in [-0.2, 0) is 14.4 Å². The molecule has 1 aliphatic carbocycles. The average Bonchev–Trinajstić information content (AvgIpc) is 2.74. The number of hydrogen-bond donors (Lipinski definition) is 4. The number of carboxylic acids is 2. The molecule has 1 fully saturated rings. The summed E-state index contributed by atoms with van der Waals surface area (Å²) < 4.78 is 0. The Morgan fingerprint density at radius 1 is 0.875 bits per heavy atom. The Labute approximate surface area is 141 Å². The highest BCUT2D eigenvalue weighted by Gasteiger charge is 2.40. The Morgan fingerprint density at radius 2 is 1.54 bits per heavy atom. The molecule has 0 radical (unpaired) electrons. The molecule has 0 bridgehead atoms. The third-order valence-corrected chi connectivity index (χ3v) is 4.49. The van der Waals surface area contributed by atoms with Gasteiger partial charge in [-0.15, -0.1) is 0 Å². The number of ketones is 1. The van der Waals surface area contributed by atoms with Gasteiger partial charge in [-0.1, -0.05) is 12.2 Å². The van der Waals surface area contributed by atoms with Gasteiger partial charge in [-0.25, -0.2) is 0 Å². The van der Waals surface area contributed by atoms with Crippen LogP contribution in [0.1, 0.15) is 51.4 Å². The molecule has 7 heteroatoms. The summed E-state index contributed by atoms with van der Waals surface area (Å²) in [7, 11) is 0. The van der Waals surface area contributed by atoms with Gasteiger partial charge in [0.05, 0.1) is 18.6 Å². The molecule has 4 unspecified atom stereocenters. The molecule has 0 aliphatic heterocycles. The van der Waals surface area contributed by atoms with Crippen molar-refractivity contribution in [3.8, 4) is 0 Å². The number of aliphatic hydroxyl groups excluding tert-OH is 2. The average molecular weight is 342 g/mol. The second kappa shape index (κ2) is 10.2. The van der Waals surface area contributed by atoms with Crippen LogP contribution in [0.2, 0.25) is 0 Å². The Morgan fingerprint density at radius 3 is 2.17 bits per heavy atom. The molecule has 1 aliphatic rings. The van der Waals surface area contributed by atoms with E-state index in [-0.39, 0.29) is 49.7 Å². The number of carbonyl (C=O) groups excluding carboxylic acids is 1. The van der Waals surface area contributed by atoms with Crippen LogP contribution >= 0.6 is 0 Å². The molecule has 0 saturated heterocycles. The molecule has 0 spiro atoms. The first kappa shape index (κ1) is 20.3. The summed E-state index contributed by atoms with van der Waals surface area (Å²) in [6.07, 6.45) is 3.70. The third-order valence-electron chi connectivity index (χ3n) is 4.49. The minimum atomic E-state index is -0.929. The Bertz CT molecular complexity index is 472. The van der Waals surface area contributed by atoms with Gasteiger partial charge in [-0.3, -0.25) is 14.4 Å². The molecule has 0 heterocycles. The maximum atomic E-state index is 11.8. The number of hydrogen-bond acceptors (Lipinski definition) is 5. The van der Waals surface area contributed by atoms with Crippen molar-refractivity contribution in [2.75, 3.05) is 0 Å². The van der Waals surface area contributed by atoms with Crippen molar-refractivity contribution in [3.63, 3.8) is 0 Å². The van der Waals surface area contributed by atoms with Crippen molar-refractivity contribution < 1.29 is 34.8 Å². The van der Waals surface area contributed by atoms with Crippen LogP contribution in [0.15, 0.2) is 12.2 Å². The van der Waals surface area contributed by atoms with Crippen molar-refractivity contribution in [2.24, 2.45) is 11.8 Å². The normalized spacial score (nSPS) is 26.8. The highest BCUT2D eigenvalue weighted by atomic mass is 16.4. The van der Waals surface area contributed by atoms with E-state index < -0.39 is 24.1 Å². The molecule has 4 N–H and O–H groups in total. The molecule has 0 aromatic heterocycles. The molecule has 1 rings (SSSR count). The van der Waals surface area contributed by atoms with Gasteiger partial charge in [0.2, 0.25) is 0 Å². The lowest BCUT2D eigenvalue weighted by Gasteiger charge is -2.22. The number of carboxylic acid groups (broad SMARTS) is 2. The molecular weight excluding hydrogens is 316 g/mol. The Kier molecular flexibility index (Phi) is 8.63. The third kappa shape index (κ3) is 7.23. The van der Waals surface area contributed by atoms with E-state index in [0.717, 1.165) is 0 Å². The van der Waals surface area contributed by atoms with Crippen molar-refractivity contribution in [3.05, 3.63) is 12.2 Å². The summed E-state index contributed by atoms with van der Waals surface area (Å²) in [4.78, 5) is 32.7. The molecule has 7 nitrogen and oxygen atoms in total. The molecular formula is C17H26O7. The Balaban J connectivity index is 2.44. The fourth-order valence-corrected chi connectivity index (χ4v) is 3.23. The van der Waals surface area contributed by atoms with Gasteiger partial charge in [0.25, 0.3) is 0 Å². The van der Waals surface area contributed by atoms with Crippen LogP contribution in [-0.4, -0.2) is 50.4 Å². The summed E-state index contributed by atoms with van der Waals surface area (Å²) in [5.74, 6) is -2.30. The fourth-order valence-electron chi connectivity index (χ4n) is 3.23. The lowest BCUT2D eigenvalue weighted by molar-refractivity contribution is -0.137. The lowest BCUT2D eigenvalue weighted by Crippen LogP contribution is -2.22. The second-order valence-electron chi connectivity index (χ2n) is 6.33. The minimum absolute atomic E-state index is 0.0342. The number of aliphatic carboxylic acids is 2. The first-order chi connectivity index (χ1) is 11.3. The van der Waals surface area contributed by atoms with E-state index in [4.69, 9.17) is 10.2 Å². The summed E-state index contributed by atoms with van der Waals surface area (Å²) in [5.41, 5.74) is 0. The maximum absolute atomic E-state index is 11.8. The fraction of sp³-hybridized carbons (Fsp3) is 0.706. The van der Waals surface area contributed by atoms with Crippen LogP contribution in [0.25, 0.3) is 0 Å². The van der Waals surface area contributed by atoms with Crippen LogP contribution in [0.3, 0.4) is 0 Å². The van der Waals surface area contributed by atoms with Crippen molar-refractivity contribution in [1.29, 1.82) is 0 Å². The van der Waals surface area contributed by atoms with E-state index in [0.29, 0.717) is 19.3 Å². The lowest BCUT2D eigenvalue weighted by atomic mass is 9.86. The summed E-state index contributed by atoms with van der Waals surface area (Å²) in [5, 5.41) is 37.3. The highest BCUT2D eigenvalue weighted by Crippen LogP contribution is 2.38. The van der Waals surface area contributed by atoms with Gasteiger partial charge in [-0.05, 0) is 37.5 Å². The predicted octanol–water partition coefficient (Wildman–Crippen LogP) is 1.37. The monoisotopic (exact) mass is 342 g/mol. The zero-order valence-corrected chi connectivity index (χ0v) is 13.6. The predicted molar refractivity (Wildman–Crippen MR) is 85.3 cm³/mol. The molecule has 0 aromatic carbocycles. The minimum Gasteiger partial charge on any atom is -0.481 e. The Hall–Kier alpha value is -1.73. The number of aliphatic hydroxyl groups is 2. The highest BCUT2D eigenvalue weighted by molar-refractivity contribution is 5.79. The zero-order chi connectivity index (χ0) is 18.1. The zero-order valence-electron chi connectivity index (χ0n) is 13.6. The summed E-state index contributed by atoms with van der Waals surface area (Å²) >= 11 is 0. The molecule has 1 saturated carbocycles. The van der Waals surface area contributed by atoms with Crippen molar-refractivity contribution in [2.45, 2.75) is 63.6 Å². The van der Waals surface area contributed by atoms with Gasteiger partial charge >= 0.3 is 11.9 Å². The molecule has 136 valence electrons. The van der Waals surface area contributed by atoms with Crippen LogP contribution in [0.4, 0.5) is 0 Å². The number of Topliss-reactive ketones (excluding diaryl/α,β-unsaturated/α-hetero) is 1. The van der Waals surface area contributed by atoms with Gasteiger partial charge in [0, 0.05) is 19.3 Å². The SMILES string of the molecule is O=C(O)C/C=C\CC1C(O)CC(O)C1CCC(=O)CCCC(=O)O. The summed E-state index contributed by atoms with van der Waals surface area (Å²) in [6.45, 7) is 0. The standard InChI is InChI=1S/C17H26O7/c18-11(4-3-7-17(23)24)8-9-13-12(14(19)10-15(13)20)5-1-2-6-16(21)22/h1-2,12-15,19-20H,3-10H2,(H,21,22)(H,23,24)/b2-1-. The topological polar surface area (TPSA) is 132 Å². The molecule has 4 atom stereocenters. The smallest absolute Gasteiger partial charge is 0.307 e. The van der Waals surface area contributed by atoms with E-state index in [1.165, 1.54) is 6.08 Å². The van der Waals surface area contributed by atoms with Gasteiger partial charge in [0.1, 0.15) is 5.78 Å². The van der Waals surface area contributed by atoms with Gasteiger partial charge in [0.15, 0.2) is 0 Å². The van der Waals surface area contributed by atoms with Crippen molar-refractivity contribution in [1.82, 2.24) is 0 Å². The van der Waals surface area contributed by atoms with E-state index in [9.17, 15) is 24.6 Å². The van der Waals surface area contributed by atoms with Gasteiger partial charge < -0.3 is 20.4 Å². The van der Waals surface area contributed by atoms with Crippen LogP contribution in [0.5, 0.6) is 0 Å². The van der Waals surface area contributed by atoms with Crippen molar-refractivity contribution >= 4 is 17.7 Å². The van der Waals surface area contributed by atoms with E-state index in [1.807, 2.05) is 0 Å². The summed E-state index contributed by atoms with van der Waals surface area (Å²) in [6, 6.07) is 0. The van der Waals surface area contributed by atoms with Crippen LogP contribution < -0.4 is 0 Å². The molecule has 0 amide bonds. The van der Waals surface area contributed by atoms with Crippen LogP contribution in [0, 0.1) is 11.8 Å². The largest absolute Gasteiger partial charge is 0.481 e. The molecule has 0 aromatic rings. The number of carbonyl (C=O) groups is 3. The van der Waals surface area contributed by atoms with Gasteiger partial charge in [-0.2, -0.15) is 0 Å². The quantitative estimate of drug-likeness (QED) is 0.417. The first-order valence-electron chi connectivity index (χ1n) is 8.27. The van der Waals surface area contributed by atoms with E-state index in [1.54, 1.807) is 6.08 Å². The van der Waals surface area contributed by atoms with E-state index in [2.05, 4.69) is 0 Å². The first-order valence-corrected chi connectivity index (χ1v) is 8.27. The number of allylic oxidation sites excluding steroid dienone is 1. The molecule has 24 heavy (non-hydrogen) atoms. The van der Waals surface area contributed by atoms with E-state index >= 15 is 0 Å².